The molecule has 1 fully saturated rings. The van der Waals surface area contributed by atoms with Crippen LogP contribution in [-0.2, 0) is 4.79 Å². The maximum absolute atomic E-state index is 11.8. The molecule has 2 aromatic carbocycles. The first-order valence-corrected chi connectivity index (χ1v) is 9.85. The number of carbonyl (C=O) groups excluding carboxylic acids is 2. The molecular weight excluding hydrogens is 356 g/mol. The Kier molecular flexibility index (Phi) is 5.71. The third kappa shape index (κ3) is 4.61. The van der Waals surface area contributed by atoms with Crippen LogP contribution in [0.2, 0.25) is 0 Å². The molecule has 1 saturated heterocycles. The van der Waals surface area contributed by atoms with Crippen molar-refractivity contribution in [2.45, 2.75) is 27.7 Å². The maximum Gasteiger partial charge on any atom is 0.290 e. The van der Waals surface area contributed by atoms with Gasteiger partial charge in [0.15, 0.2) is 0 Å². The predicted octanol–water partition coefficient (Wildman–Crippen LogP) is 5.36. The molecule has 1 heterocycles. The van der Waals surface area contributed by atoms with Crippen LogP contribution in [0.4, 0.5) is 10.5 Å². The number of hydrogen-bond donors (Lipinski definition) is 2. The van der Waals surface area contributed by atoms with E-state index in [1.807, 2.05) is 6.92 Å². The Hall–Kier alpha value is -2.53. The van der Waals surface area contributed by atoms with Gasteiger partial charge in [0.1, 0.15) is 0 Å². The summed E-state index contributed by atoms with van der Waals surface area (Å²) in [6.45, 7) is 9.42. The van der Waals surface area contributed by atoms with Crippen molar-refractivity contribution >= 4 is 34.7 Å². The summed E-state index contributed by atoms with van der Waals surface area (Å²) in [5, 5.41) is 5.41. The van der Waals surface area contributed by atoms with Crippen molar-refractivity contribution in [2.75, 3.05) is 11.9 Å². The van der Waals surface area contributed by atoms with Gasteiger partial charge in [-0.2, -0.15) is 0 Å². The predicted molar refractivity (Wildman–Crippen MR) is 114 cm³/mol. The average molecular weight is 381 g/mol. The van der Waals surface area contributed by atoms with Crippen molar-refractivity contribution in [3.63, 3.8) is 0 Å². The molecule has 1 aliphatic rings. The van der Waals surface area contributed by atoms with Crippen molar-refractivity contribution in [1.29, 1.82) is 0 Å². The molecule has 0 spiro atoms. The molecule has 0 unspecified atom stereocenters. The highest BCUT2D eigenvalue weighted by Gasteiger charge is 2.25. The molecule has 2 amide bonds. The third-order valence-corrected chi connectivity index (χ3v) is 5.26. The summed E-state index contributed by atoms with van der Waals surface area (Å²) in [5.41, 5.74) is 6.61. The van der Waals surface area contributed by atoms with Gasteiger partial charge < -0.3 is 5.32 Å². The van der Waals surface area contributed by atoms with Gasteiger partial charge in [-0.15, -0.1) is 0 Å². The number of nitrogens with one attached hydrogen (secondary N) is 2. The molecule has 1 aliphatic heterocycles. The first kappa shape index (κ1) is 19.2. The number of aryl methyl sites for hydroxylation is 2. The van der Waals surface area contributed by atoms with Crippen LogP contribution in [0.1, 0.15) is 30.5 Å². The van der Waals surface area contributed by atoms with Crippen molar-refractivity contribution < 1.29 is 9.59 Å². The van der Waals surface area contributed by atoms with Crippen LogP contribution in [0.3, 0.4) is 0 Å². The molecule has 4 nitrogen and oxygen atoms in total. The first-order chi connectivity index (χ1) is 12.8. The molecule has 0 aliphatic carbocycles. The van der Waals surface area contributed by atoms with E-state index in [4.69, 9.17) is 0 Å². The Balaban J connectivity index is 1.86. The molecule has 5 heteroatoms. The SMILES string of the molecule is Cc1cc(-c2ccc(NCC(C)C)cc2)c(C)cc1/C=C1/SC(=O)NC1=O. The third-order valence-electron chi connectivity index (χ3n) is 4.45. The van der Waals surface area contributed by atoms with E-state index in [-0.39, 0.29) is 11.1 Å². The van der Waals surface area contributed by atoms with Crippen LogP contribution >= 0.6 is 11.8 Å². The summed E-state index contributed by atoms with van der Waals surface area (Å²) in [6, 6.07) is 12.7. The number of rotatable bonds is 5. The van der Waals surface area contributed by atoms with E-state index in [1.165, 1.54) is 5.56 Å². The molecule has 2 N–H and O–H groups in total. The Morgan fingerprint density at radius 2 is 1.78 bits per heavy atom. The standard InChI is InChI=1S/C22H24N2O2S/c1-13(2)12-23-18-7-5-16(6-8-18)19-10-14(3)17(9-15(19)4)11-20-21(25)24-22(26)27-20/h5-11,13,23H,12H2,1-4H3,(H,24,25,26)/b20-11+. The highest BCUT2D eigenvalue weighted by molar-refractivity contribution is 8.18. The monoisotopic (exact) mass is 380 g/mol. The number of amides is 2. The van der Waals surface area contributed by atoms with Crippen LogP contribution < -0.4 is 10.6 Å². The van der Waals surface area contributed by atoms with E-state index < -0.39 is 0 Å². The van der Waals surface area contributed by atoms with Gasteiger partial charge in [-0.25, -0.2) is 0 Å². The largest absolute Gasteiger partial charge is 0.385 e. The number of benzene rings is 2. The zero-order chi connectivity index (χ0) is 19.6. The zero-order valence-electron chi connectivity index (χ0n) is 16.1. The molecule has 27 heavy (non-hydrogen) atoms. The van der Waals surface area contributed by atoms with E-state index in [0.717, 1.165) is 46.2 Å². The highest BCUT2D eigenvalue weighted by atomic mass is 32.2. The van der Waals surface area contributed by atoms with Gasteiger partial charge in [-0.1, -0.05) is 38.1 Å². The lowest BCUT2D eigenvalue weighted by molar-refractivity contribution is -0.115. The fourth-order valence-electron chi connectivity index (χ4n) is 2.96. The van der Waals surface area contributed by atoms with Gasteiger partial charge in [0.25, 0.3) is 11.1 Å². The fourth-order valence-corrected chi connectivity index (χ4v) is 3.63. The topological polar surface area (TPSA) is 58.2 Å². The summed E-state index contributed by atoms with van der Waals surface area (Å²) in [4.78, 5) is 23.6. The van der Waals surface area contributed by atoms with Gasteiger partial charge in [-0.3, -0.25) is 14.9 Å². The number of anilines is 1. The van der Waals surface area contributed by atoms with Crippen LogP contribution in [0.15, 0.2) is 41.3 Å². The molecule has 0 bridgehead atoms. The Morgan fingerprint density at radius 1 is 1.07 bits per heavy atom. The fraction of sp³-hybridized carbons (Fsp3) is 0.273. The summed E-state index contributed by atoms with van der Waals surface area (Å²) >= 11 is 0.946. The number of carbonyl (C=O) groups is 2. The first-order valence-electron chi connectivity index (χ1n) is 9.04. The lowest BCUT2D eigenvalue weighted by atomic mass is 9.94. The van der Waals surface area contributed by atoms with Crippen molar-refractivity contribution in [3.8, 4) is 11.1 Å². The minimum atomic E-state index is -0.324. The van der Waals surface area contributed by atoms with Crippen LogP contribution in [0, 0.1) is 19.8 Å². The van der Waals surface area contributed by atoms with Crippen LogP contribution in [-0.4, -0.2) is 17.7 Å². The van der Waals surface area contributed by atoms with Crippen LogP contribution in [0.25, 0.3) is 17.2 Å². The highest BCUT2D eigenvalue weighted by Crippen LogP contribution is 2.31. The van der Waals surface area contributed by atoms with Crippen molar-refractivity contribution in [3.05, 3.63) is 58.0 Å². The van der Waals surface area contributed by atoms with Gasteiger partial charge in [0.2, 0.25) is 0 Å². The van der Waals surface area contributed by atoms with Gasteiger partial charge in [-0.05, 0) is 77.6 Å². The number of thioether (sulfide) groups is 1. The van der Waals surface area contributed by atoms with Crippen molar-refractivity contribution in [1.82, 2.24) is 5.32 Å². The van der Waals surface area contributed by atoms with Crippen molar-refractivity contribution in [2.24, 2.45) is 5.92 Å². The minimum absolute atomic E-state index is 0.316. The van der Waals surface area contributed by atoms with Gasteiger partial charge >= 0.3 is 0 Å². The van der Waals surface area contributed by atoms with E-state index in [1.54, 1.807) is 6.08 Å². The second-order valence-electron chi connectivity index (χ2n) is 7.23. The molecule has 0 saturated carbocycles. The molecule has 0 atom stereocenters. The number of imide groups is 1. The second-order valence-corrected chi connectivity index (χ2v) is 8.24. The van der Waals surface area contributed by atoms with E-state index in [0.29, 0.717) is 10.8 Å². The quantitative estimate of drug-likeness (QED) is 0.686. The minimum Gasteiger partial charge on any atom is -0.385 e. The van der Waals surface area contributed by atoms with E-state index >= 15 is 0 Å². The summed E-state index contributed by atoms with van der Waals surface area (Å²) in [6.07, 6.45) is 1.79. The average Bonchev–Trinajstić information content (AvgIpc) is 2.93. The summed E-state index contributed by atoms with van der Waals surface area (Å²) in [7, 11) is 0. The van der Waals surface area contributed by atoms with E-state index in [2.05, 4.69) is 67.8 Å². The summed E-state index contributed by atoms with van der Waals surface area (Å²) < 4.78 is 0. The Bertz CT molecular complexity index is 915. The molecule has 140 valence electrons. The molecule has 0 aromatic heterocycles. The second kappa shape index (κ2) is 8.01. The Labute approximate surface area is 164 Å². The Morgan fingerprint density at radius 3 is 2.37 bits per heavy atom. The van der Waals surface area contributed by atoms with Gasteiger partial charge in [0, 0.05) is 12.2 Å². The van der Waals surface area contributed by atoms with E-state index in [9.17, 15) is 9.59 Å². The van der Waals surface area contributed by atoms with Crippen LogP contribution in [0.5, 0.6) is 0 Å². The molecule has 2 aromatic rings. The normalized spacial score (nSPS) is 15.5. The zero-order valence-corrected chi connectivity index (χ0v) is 16.9. The molecular formula is C22H24N2O2S. The smallest absolute Gasteiger partial charge is 0.290 e. The number of hydrogen-bond acceptors (Lipinski definition) is 4. The maximum atomic E-state index is 11.8. The molecule has 3 rings (SSSR count). The lowest BCUT2D eigenvalue weighted by Gasteiger charge is -2.13. The molecule has 0 radical (unpaired) electrons. The summed E-state index contributed by atoms with van der Waals surface area (Å²) in [5.74, 6) is 0.280. The van der Waals surface area contributed by atoms with Gasteiger partial charge in [0.05, 0.1) is 4.91 Å². The lowest BCUT2D eigenvalue weighted by Crippen LogP contribution is -2.17.